The number of benzene rings is 2. The van der Waals surface area contributed by atoms with E-state index in [1.165, 1.54) is 13.3 Å². The van der Waals surface area contributed by atoms with Crippen LogP contribution in [-0.2, 0) is 0 Å². The van der Waals surface area contributed by atoms with Gasteiger partial charge in [0.1, 0.15) is 6.33 Å². The van der Waals surface area contributed by atoms with Crippen molar-refractivity contribution in [2.75, 3.05) is 10.6 Å². The lowest BCUT2D eigenvalue weighted by atomic mass is 10.1. The fourth-order valence-electron chi connectivity index (χ4n) is 2.58. The van der Waals surface area contributed by atoms with Crippen LogP contribution in [-0.4, -0.2) is 20.7 Å². The minimum absolute atomic E-state index is 0.00909. The van der Waals surface area contributed by atoms with E-state index in [-0.39, 0.29) is 23.1 Å². The zero-order chi connectivity index (χ0) is 20.3. The molecular formula is C19H16ClN5O3. The number of carbonyl (C=O) groups excluding carboxylic acids is 1. The van der Waals surface area contributed by atoms with Crippen molar-refractivity contribution in [3.63, 3.8) is 0 Å². The second-order valence-corrected chi connectivity index (χ2v) is 6.46. The summed E-state index contributed by atoms with van der Waals surface area (Å²) in [4.78, 5) is 30.7. The van der Waals surface area contributed by atoms with Crippen molar-refractivity contribution in [2.24, 2.45) is 0 Å². The summed E-state index contributed by atoms with van der Waals surface area (Å²) in [5.41, 5.74) is 2.12. The van der Waals surface area contributed by atoms with Gasteiger partial charge in [-0.2, -0.15) is 0 Å². The Balaban J connectivity index is 1.99. The Bertz CT molecular complexity index is 1070. The van der Waals surface area contributed by atoms with Gasteiger partial charge >= 0.3 is 5.69 Å². The predicted molar refractivity (Wildman–Crippen MR) is 108 cm³/mol. The van der Waals surface area contributed by atoms with Gasteiger partial charge < -0.3 is 10.6 Å². The number of rotatable bonds is 6. The second-order valence-electron chi connectivity index (χ2n) is 6.02. The van der Waals surface area contributed by atoms with Crippen LogP contribution in [0.3, 0.4) is 0 Å². The van der Waals surface area contributed by atoms with E-state index in [1.807, 2.05) is 6.92 Å². The Morgan fingerprint density at radius 3 is 2.46 bits per heavy atom. The third kappa shape index (κ3) is 4.24. The first kappa shape index (κ1) is 19.2. The van der Waals surface area contributed by atoms with Crippen LogP contribution in [0.4, 0.5) is 28.7 Å². The van der Waals surface area contributed by atoms with E-state index >= 15 is 0 Å². The van der Waals surface area contributed by atoms with E-state index in [0.717, 1.165) is 5.56 Å². The highest BCUT2D eigenvalue weighted by Gasteiger charge is 2.24. The molecule has 28 heavy (non-hydrogen) atoms. The maximum atomic E-state index is 11.7. The molecule has 1 heterocycles. The highest BCUT2D eigenvalue weighted by Crippen LogP contribution is 2.34. The standard InChI is InChI=1S/C19H16ClN5O3/c1-11-8-14(20)6-7-16(11)24-19-17(25(27)28)18(21-10-22-19)23-15-5-3-4-13(9-15)12(2)26/h3-10H,1-2H3,(H2,21,22,23,24). The van der Waals surface area contributed by atoms with E-state index in [4.69, 9.17) is 11.6 Å². The van der Waals surface area contributed by atoms with E-state index in [2.05, 4.69) is 20.6 Å². The van der Waals surface area contributed by atoms with Gasteiger partial charge in [-0.05, 0) is 49.7 Å². The monoisotopic (exact) mass is 397 g/mol. The van der Waals surface area contributed by atoms with Gasteiger partial charge in [0.25, 0.3) is 0 Å². The molecule has 3 aromatic rings. The molecule has 0 saturated carbocycles. The quantitative estimate of drug-likeness (QED) is 0.340. The summed E-state index contributed by atoms with van der Waals surface area (Å²) in [6.07, 6.45) is 1.22. The van der Waals surface area contributed by atoms with Gasteiger partial charge in [0.2, 0.25) is 11.6 Å². The molecule has 0 aliphatic heterocycles. The van der Waals surface area contributed by atoms with Crippen LogP contribution < -0.4 is 10.6 Å². The first-order valence-electron chi connectivity index (χ1n) is 8.25. The minimum Gasteiger partial charge on any atom is -0.334 e. The van der Waals surface area contributed by atoms with Crippen molar-refractivity contribution >= 4 is 46.1 Å². The number of aromatic nitrogens is 2. The van der Waals surface area contributed by atoms with Gasteiger partial charge in [0.05, 0.1) is 4.92 Å². The van der Waals surface area contributed by atoms with Gasteiger partial charge in [-0.3, -0.25) is 14.9 Å². The van der Waals surface area contributed by atoms with Gasteiger partial charge in [0.15, 0.2) is 5.78 Å². The molecule has 0 aliphatic carbocycles. The summed E-state index contributed by atoms with van der Waals surface area (Å²) >= 11 is 5.96. The van der Waals surface area contributed by atoms with Crippen molar-refractivity contribution in [2.45, 2.75) is 13.8 Å². The number of ketones is 1. The van der Waals surface area contributed by atoms with Gasteiger partial charge in [-0.15, -0.1) is 0 Å². The largest absolute Gasteiger partial charge is 0.353 e. The molecule has 0 saturated heterocycles. The Morgan fingerprint density at radius 1 is 1.11 bits per heavy atom. The third-order valence-electron chi connectivity index (χ3n) is 3.98. The zero-order valence-corrected chi connectivity index (χ0v) is 15.8. The molecule has 0 atom stereocenters. The summed E-state index contributed by atoms with van der Waals surface area (Å²) in [6.45, 7) is 3.27. The zero-order valence-electron chi connectivity index (χ0n) is 15.1. The first-order valence-corrected chi connectivity index (χ1v) is 8.63. The molecule has 0 spiro atoms. The topological polar surface area (TPSA) is 110 Å². The number of nitrogens with zero attached hydrogens (tertiary/aromatic N) is 3. The molecule has 0 fully saturated rings. The van der Waals surface area contributed by atoms with E-state index in [0.29, 0.717) is 22.0 Å². The minimum atomic E-state index is -0.565. The molecule has 0 radical (unpaired) electrons. The van der Waals surface area contributed by atoms with Crippen LogP contribution in [0.15, 0.2) is 48.8 Å². The van der Waals surface area contributed by atoms with Crippen molar-refractivity contribution in [3.05, 3.63) is 75.1 Å². The molecule has 9 heteroatoms. The van der Waals surface area contributed by atoms with Crippen LogP contribution in [0.5, 0.6) is 0 Å². The summed E-state index contributed by atoms with van der Waals surface area (Å²) < 4.78 is 0. The number of aryl methyl sites for hydroxylation is 1. The molecule has 3 rings (SSSR count). The van der Waals surface area contributed by atoms with Crippen LogP contribution in [0.1, 0.15) is 22.8 Å². The fraction of sp³-hybridized carbons (Fsp3) is 0.105. The van der Waals surface area contributed by atoms with Gasteiger partial charge in [-0.1, -0.05) is 23.7 Å². The molecule has 0 bridgehead atoms. The molecule has 142 valence electrons. The number of nitro groups is 1. The third-order valence-corrected chi connectivity index (χ3v) is 4.21. The maximum absolute atomic E-state index is 11.7. The lowest BCUT2D eigenvalue weighted by molar-refractivity contribution is -0.383. The number of hydrogen-bond acceptors (Lipinski definition) is 7. The lowest BCUT2D eigenvalue weighted by Crippen LogP contribution is -2.06. The van der Waals surface area contributed by atoms with Crippen LogP contribution in [0, 0.1) is 17.0 Å². The Hall–Kier alpha value is -3.52. The Labute approximate surface area is 165 Å². The molecule has 0 unspecified atom stereocenters. The average molecular weight is 398 g/mol. The van der Waals surface area contributed by atoms with Crippen molar-refractivity contribution < 1.29 is 9.72 Å². The van der Waals surface area contributed by atoms with Crippen molar-refractivity contribution in [1.29, 1.82) is 0 Å². The maximum Gasteiger partial charge on any atom is 0.353 e. The van der Waals surface area contributed by atoms with Crippen LogP contribution >= 0.6 is 11.6 Å². The molecular weight excluding hydrogens is 382 g/mol. The average Bonchev–Trinajstić information content (AvgIpc) is 2.64. The summed E-state index contributed by atoms with van der Waals surface area (Å²) in [5, 5.41) is 18.1. The van der Waals surface area contributed by atoms with Crippen molar-refractivity contribution in [3.8, 4) is 0 Å². The predicted octanol–water partition coefficient (Wildman–Crippen LogP) is 5.04. The number of nitrogens with one attached hydrogen (secondary N) is 2. The highest BCUT2D eigenvalue weighted by atomic mass is 35.5. The molecule has 2 aromatic carbocycles. The number of carbonyl (C=O) groups is 1. The molecule has 0 amide bonds. The van der Waals surface area contributed by atoms with Crippen molar-refractivity contribution in [1.82, 2.24) is 9.97 Å². The van der Waals surface area contributed by atoms with Crippen LogP contribution in [0.2, 0.25) is 5.02 Å². The number of hydrogen-bond donors (Lipinski definition) is 2. The summed E-state index contributed by atoms with van der Waals surface area (Å²) in [6, 6.07) is 11.8. The normalized spacial score (nSPS) is 10.4. The number of Topliss-reactive ketones (excluding diaryl/α,β-unsaturated/α-hetero) is 1. The van der Waals surface area contributed by atoms with E-state index in [1.54, 1.807) is 42.5 Å². The smallest absolute Gasteiger partial charge is 0.334 e. The van der Waals surface area contributed by atoms with Gasteiger partial charge in [0, 0.05) is 22.0 Å². The fourth-order valence-corrected chi connectivity index (χ4v) is 2.81. The molecule has 0 aliphatic rings. The first-order chi connectivity index (χ1) is 13.3. The lowest BCUT2D eigenvalue weighted by Gasteiger charge is -2.12. The van der Waals surface area contributed by atoms with Gasteiger partial charge in [-0.25, -0.2) is 9.97 Å². The summed E-state index contributed by atoms with van der Waals surface area (Å²) in [7, 11) is 0. The number of anilines is 4. The SMILES string of the molecule is CC(=O)c1cccc(Nc2ncnc(Nc3ccc(Cl)cc3C)c2[N+](=O)[O-])c1. The second kappa shape index (κ2) is 8.01. The van der Waals surface area contributed by atoms with Crippen LogP contribution in [0.25, 0.3) is 0 Å². The summed E-state index contributed by atoms with van der Waals surface area (Å²) in [5.74, 6) is -0.0631. The number of halogens is 1. The van der Waals surface area contributed by atoms with E-state index < -0.39 is 4.92 Å². The Kier molecular flexibility index (Phi) is 5.51. The molecule has 2 N–H and O–H groups in total. The Morgan fingerprint density at radius 2 is 1.82 bits per heavy atom. The molecule has 8 nitrogen and oxygen atoms in total. The molecule has 1 aromatic heterocycles. The highest BCUT2D eigenvalue weighted by molar-refractivity contribution is 6.30. The van der Waals surface area contributed by atoms with E-state index in [9.17, 15) is 14.9 Å².